The van der Waals surface area contributed by atoms with Crippen LogP contribution in [0.5, 0.6) is 0 Å². The molecule has 2 saturated heterocycles. The van der Waals surface area contributed by atoms with Crippen molar-refractivity contribution in [3.05, 3.63) is 54.1 Å². The Bertz CT molecular complexity index is 1390. The summed E-state index contributed by atoms with van der Waals surface area (Å²) in [6, 6.07) is 8.23. The zero-order chi connectivity index (χ0) is 28.4. The van der Waals surface area contributed by atoms with E-state index in [9.17, 15) is 22.8 Å². The topological polar surface area (TPSA) is 129 Å². The van der Waals surface area contributed by atoms with Crippen LogP contribution in [0.15, 0.2) is 49.1 Å². The molecule has 0 saturated carbocycles. The summed E-state index contributed by atoms with van der Waals surface area (Å²) in [4.78, 5) is 39.7. The van der Waals surface area contributed by atoms with Gasteiger partial charge in [-0.2, -0.15) is 18.3 Å². The molecule has 14 heteroatoms. The average molecular weight is 565 g/mol. The fraction of sp³-hybridized carbons (Fsp3) is 0.320. The number of aryl methyl sites for hydroxylation is 1. The first-order valence-electron chi connectivity index (χ1n) is 11.8. The molecule has 2 fully saturated rings. The number of hydrogen-bond donors (Lipinski definition) is 3. The summed E-state index contributed by atoms with van der Waals surface area (Å²) in [5.41, 5.74) is 4.13. The molecule has 3 N–H and O–H groups in total. The highest BCUT2D eigenvalue weighted by Gasteiger charge is 2.45. The van der Waals surface area contributed by atoms with E-state index in [1.165, 1.54) is 0 Å². The fourth-order valence-corrected chi connectivity index (χ4v) is 4.81. The molecule has 0 unspecified atom stereocenters. The van der Waals surface area contributed by atoms with Gasteiger partial charge in [0.25, 0.3) is 0 Å². The maximum atomic E-state index is 12.5. The molecule has 2 aliphatic heterocycles. The Morgan fingerprint density at radius 3 is 2.23 bits per heavy atom. The van der Waals surface area contributed by atoms with Gasteiger partial charge in [0.2, 0.25) is 11.8 Å². The Labute approximate surface area is 225 Å². The summed E-state index contributed by atoms with van der Waals surface area (Å²) >= 11 is 6.61. The molecule has 0 atom stereocenters. The highest BCUT2D eigenvalue weighted by Crippen LogP contribution is 2.39. The van der Waals surface area contributed by atoms with Crippen LogP contribution in [-0.4, -0.2) is 69.0 Å². The van der Waals surface area contributed by atoms with Gasteiger partial charge in [-0.15, -0.1) is 0 Å². The molecule has 1 spiro atoms. The molecule has 39 heavy (non-hydrogen) atoms. The quantitative estimate of drug-likeness (QED) is 0.446. The van der Waals surface area contributed by atoms with Crippen LogP contribution in [0.2, 0.25) is 5.02 Å². The Hall–Kier alpha value is -4.13. The van der Waals surface area contributed by atoms with Crippen molar-refractivity contribution >= 4 is 35.1 Å². The summed E-state index contributed by atoms with van der Waals surface area (Å²) in [7, 11) is 1.90. The van der Waals surface area contributed by atoms with Gasteiger partial charge in [-0.25, -0.2) is 4.79 Å². The van der Waals surface area contributed by atoms with Gasteiger partial charge in [0, 0.05) is 49.9 Å². The number of anilines is 1. The number of pyridine rings is 1. The molecule has 0 bridgehead atoms. The number of carboxylic acid groups (broad SMARTS) is 1. The lowest BCUT2D eigenvalue weighted by molar-refractivity contribution is -0.192. The molecule has 2 aromatic heterocycles. The van der Waals surface area contributed by atoms with Crippen LogP contribution < -0.4 is 15.5 Å². The number of hydrogen-bond acceptors (Lipinski definition) is 6. The van der Waals surface area contributed by atoms with E-state index in [2.05, 4.69) is 49.9 Å². The van der Waals surface area contributed by atoms with Gasteiger partial charge in [-0.05, 0) is 24.0 Å². The van der Waals surface area contributed by atoms with Crippen molar-refractivity contribution < 1.29 is 32.7 Å². The third kappa shape index (κ3) is 6.14. The maximum absolute atomic E-state index is 12.5. The molecule has 0 radical (unpaired) electrons. The summed E-state index contributed by atoms with van der Waals surface area (Å²) < 4.78 is 33.5. The van der Waals surface area contributed by atoms with Crippen LogP contribution >= 0.6 is 11.6 Å². The fourth-order valence-electron chi connectivity index (χ4n) is 4.54. The number of amides is 2. The number of aromatic nitrogens is 3. The number of rotatable bonds is 3. The smallest absolute Gasteiger partial charge is 0.475 e. The predicted octanol–water partition coefficient (Wildman–Crippen LogP) is 3.02. The lowest BCUT2D eigenvalue weighted by Crippen LogP contribution is -2.68. The van der Waals surface area contributed by atoms with Gasteiger partial charge < -0.3 is 20.6 Å². The van der Waals surface area contributed by atoms with Crippen molar-refractivity contribution in [3.63, 3.8) is 0 Å². The Morgan fingerprint density at radius 1 is 1.05 bits per heavy atom. The van der Waals surface area contributed by atoms with Crippen LogP contribution in [0.1, 0.15) is 12.8 Å². The molecular weight excluding hydrogens is 541 g/mol. The minimum absolute atomic E-state index is 0.0413. The van der Waals surface area contributed by atoms with Gasteiger partial charge in [-0.3, -0.25) is 19.3 Å². The van der Waals surface area contributed by atoms with E-state index in [1.54, 1.807) is 10.9 Å². The number of carboxylic acids is 1. The number of carbonyl (C=O) groups excluding carboxylic acids is 2. The molecule has 1 aromatic carbocycles. The Balaban J connectivity index is 0.000000448. The Kier molecular flexibility index (Phi) is 7.82. The minimum Gasteiger partial charge on any atom is -0.475 e. The molecule has 10 nitrogen and oxygen atoms in total. The summed E-state index contributed by atoms with van der Waals surface area (Å²) in [6.45, 7) is 1.23. The van der Waals surface area contributed by atoms with E-state index in [0.717, 1.165) is 27.9 Å². The Morgan fingerprint density at radius 2 is 1.67 bits per heavy atom. The number of carbonyl (C=O) groups is 3. The van der Waals surface area contributed by atoms with E-state index in [1.807, 2.05) is 25.6 Å². The highest BCUT2D eigenvalue weighted by molar-refractivity contribution is 6.33. The van der Waals surface area contributed by atoms with Gasteiger partial charge in [0.05, 0.1) is 23.5 Å². The number of piperazine rings is 1. The minimum atomic E-state index is -5.08. The zero-order valence-electron chi connectivity index (χ0n) is 20.6. The number of nitrogens with one attached hydrogen (secondary N) is 2. The highest BCUT2D eigenvalue weighted by atomic mass is 35.5. The second-order valence-corrected chi connectivity index (χ2v) is 9.51. The van der Waals surface area contributed by atoms with E-state index in [4.69, 9.17) is 21.5 Å². The first-order valence-corrected chi connectivity index (χ1v) is 12.1. The predicted molar refractivity (Wildman–Crippen MR) is 136 cm³/mol. The lowest BCUT2D eigenvalue weighted by Gasteiger charge is -2.44. The maximum Gasteiger partial charge on any atom is 0.490 e. The molecule has 4 heterocycles. The number of alkyl halides is 3. The monoisotopic (exact) mass is 564 g/mol. The largest absolute Gasteiger partial charge is 0.490 e. The first-order chi connectivity index (χ1) is 18.4. The molecule has 206 valence electrons. The second kappa shape index (κ2) is 10.9. The van der Waals surface area contributed by atoms with E-state index in [0.29, 0.717) is 31.0 Å². The van der Waals surface area contributed by atoms with Crippen molar-refractivity contribution in [2.45, 2.75) is 24.6 Å². The van der Waals surface area contributed by atoms with E-state index in [-0.39, 0.29) is 18.4 Å². The van der Waals surface area contributed by atoms with Crippen LogP contribution in [-0.2, 0) is 21.4 Å². The molecule has 2 amide bonds. The summed E-state index contributed by atoms with van der Waals surface area (Å²) in [6.07, 6.45) is 3.23. The average Bonchev–Trinajstić information content (AvgIpc) is 3.33. The number of halogens is 4. The summed E-state index contributed by atoms with van der Waals surface area (Å²) in [5, 5.41) is 17.5. The molecule has 2 aliphatic rings. The molecule has 5 rings (SSSR count). The molecule has 3 aromatic rings. The van der Waals surface area contributed by atoms with Crippen LogP contribution in [0, 0.1) is 0 Å². The number of nitrogens with zero attached hydrogens (tertiary/aromatic N) is 4. The van der Waals surface area contributed by atoms with Crippen molar-refractivity contribution in [2.75, 3.05) is 24.5 Å². The molecular formula is C25H24ClF3N6O4. The second-order valence-electron chi connectivity index (χ2n) is 9.10. The standard InChI is InChI=1S/C23H23ClN6O2.C2HF3O2/c1-29-14-17(10-27-29)15-2-4-16(5-3-15)18-11-25-12-19(24)21(18)30-8-6-23(7-9-30)22(32)26-13-20(31)28-23;3-2(4,5)1(6)7/h2-5,10-12,14H,6-9,13H2,1H3,(H,26,32)(H,28,31);(H,6,7). The van der Waals surface area contributed by atoms with Crippen molar-refractivity contribution in [1.82, 2.24) is 25.4 Å². The van der Waals surface area contributed by atoms with Gasteiger partial charge in [0.1, 0.15) is 5.54 Å². The van der Waals surface area contributed by atoms with E-state index < -0.39 is 17.7 Å². The third-order valence-electron chi connectivity index (χ3n) is 6.51. The first kappa shape index (κ1) is 27.9. The van der Waals surface area contributed by atoms with Gasteiger partial charge in [0.15, 0.2) is 0 Å². The zero-order valence-corrected chi connectivity index (χ0v) is 21.4. The van der Waals surface area contributed by atoms with Crippen LogP contribution in [0.25, 0.3) is 22.3 Å². The van der Waals surface area contributed by atoms with Crippen molar-refractivity contribution in [1.29, 1.82) is 0 Å². The molecule has 0 aliphatic carbocycles. The van der Waals surface area contributed by atoms with Crippen LogP contribution in [0.3, 0.4) is 0 Å². The summed E-state index contributed by atoms with van der Waals surface area (Å²) in [5.74, 6) is -3.01. The normalized spacial score (nSPS) is 16.7. The van der Waals surface area contributed by atoms with E-state index >= 15 is 0 Å². The number of piperidine rings is 1. The third-order valence-corrected chi connectivity index (χ3v) is 6.78. The van der Waals surface area contributed by atoms with Crippen LogP contribution in [0.4, 0.5) is 18.9 Å². The van der Waals surface area contributed by atoms with Crippen molar-refractivity contribution in [3.8, 4) is 22.3 Å². The van der Waals surface area contributed by atoms with Gasteiger partial charge >= 0.3 is 12.1 Å². The van der Waals surface area contributed by atoms with Gasteiger partial charge in [-0.1, -0.05) is 35.9 Å². The SMILES string of the molecule is Cn1cc(-c2ccc(-c3cncc(Cl)c3N3CCC4(CC3)NC(=O)CNC4=O)cc2)cn1.O=C(O)C(F)(F)F. The lowest BCUT2D eigenvalue weighted by atomic mass is 9.84. The number of aliphatic carboxylic acids is 1. The van der Waals surface area contributed by atoms with Crippen molar-refractivity contribution in [2.24, 2.45) is 7.05 Å². The number of benzene rings is 1.